The lowest BCUT2D eigenvalue weighted by atomic mass is 10.0. The molecule has 0 radical (unpaired) electrons. The van der Waals surface area contributed by atoms with Gasteiger partial charge in [0, 0.05) is 6.42 Å². The summed E-state index contributed by atoms with van der Waals surface area (Å²) in [6.45, 7) is -0.493. The second kappa shape index (κ2) is 3.92. The number of carboxylic acids is 1. The minimum atomic E-state index is -1.15. The Morgan fingerprint density at radius 3 is 2.88 bits per heavy atom. The second-order valence-electron chi connectivity index (χ2n) is 3.62. The van der Waals surface area contributed by atoms with Crippen molar-refractivity contribution in [2.45, 2.75) is 12.8 Å². The van der Waals surface area contributed by atoms with Gasteiger partial charge in [0.25, 0.3) is 0 Å². The second-order valence-corrected chi connectivity index (χ2v) is 3.62. The van der Waals surface area contributed by atoms with Gasteiger partial charge < -0.3 is 5.11 Å². The van der Waals surface area contributed by atoms with Crippen LogP contribution in [0.3, 0.4) is 0 Å². The summed E-state index contributed by atoms with van der Waals surface area (Å²) in [6, 6.07) is 4.49. The maximum atomic E-state index is 13.6. The van der Waals surface area contributed by atoms with Gasteiger partial charge in [0.05, 0.1) is 5.69 Å². The predicted octanol–water partition coefficient (Wildman–Crippen LogP) is 1.19. The molecular weight excluding hydrogens is 213 g/mol. The number of anilines is 1. The first-order chi connectivity index (χ1) is 7.59. The third kappa shape index (κ3) is 1.76. The number of carbonyl (C=O) groups excluding carboxylic acids is 1. The SMILES string of the molecule is O=C(O)CN1C(=O)CCc2cccc(F)c21. The minimum absolute atomic E-state index is 0.112. The lowest BCUT2D eigenvalue weighted by Gasteiger charge is -2.28. The number of benzene rings is 1. The van der Waals surface area contributed by atoms with Crippen molar-refractivity contribution in [3.63, 3.8) is 0 Å². The Labute approximate surface area is 91.3 Å². The third-order valence-corrected chi connectivity index (χ3v) is 2.54. The van der Waals surface area contributed by atoms with E-state index in [0.717, 1.165) is 4.90 Å². The van der Waals surface area contributed by atoms with Crippen molar-refractivity contribution in [1.82, 2.24) is 0 Å². The molecule has 1 amide bonds. The summed E-state index contributed by atoms with van der Waals surface area (Å²) >= 11 is 0. The van der Waals surface area contributed by atoms with E-state index in [9.17, 15) is 14.0 Å². The van der Waals surface area contributed by atoms with Crippen LogP contribution in [0.15, 0.2) is 18.2 Å². The number of hydrogen-bond acceptors (Lipinski definition) is 2. The van der Waals surface area contributed by atoms with E-state index in [2.05, 4.69) is 0 Å². The summed E-state index contributed by atoms with van der Waals surface area (Å²) in [4.78, 5) is 23.2. The lowest BCUT2D eigenvalue weighted by molar-refractivity contribution is -0.136. The first kappa shape index (κ1) is 10.6. The first-order valence-corrected chi connectivity index (χ1v) is 4.89. The Kier molecular flexibility index (Phi) is 2.60. The summed E-state index contributed by atoms with van der Waals surface area (Å²) in [7, 11) is 0. The van der Waals surface area contributed by atoms with Gasteiger partial charge in [0.2, 0.25) is 5.91 Å². The highest BCUT2D eigenvalue weighted by molar-refractivity contribution is 6.00. The number of carboxylic acid groups (broad SMARTS) is 1. The van der Waals surface area contributed by atoms with Gasteiger partial charge in [-0.15, -0.1) is 0 Å². The molecule has 16 heavy (non-hydrogen) atoms. The number of amides is 1. The van der Waals surface area contributed by atoms with Crippen LogP contribution in [0.25, 0.3) is 0 Å². The van der Waals surface area contributed by atoms with Crippen molar-refractivity contribution < 1.29 is 19.1 Å². The number of fused-ring (bicyclic) bond motifs is 1. The van der Waals surface area contributed by atoms with Crippen LogP contribution in [0.2, 0.25) is 0 Å². The normalized spacial score (nSPS) is 14.8. The highest BCUT2D eigenvalue weighted by atomic mass is 19.1. The number of aliphatic carboxylic acids is 1. The van der Waals surface area contributed by atoms with E-state index >= 15 is 0 Å². The number of nitrogens with zero attached hydrogens (tertiary/aromatic N) is 1. The molecule has 1 aromatic rings. The molecule has 1 aromatic carbocycles. The lowest BCUT2D eigenvalue weighted by Crippen LogP contribution is -2.39. The number of hydrogen-bond donors (Lipinski definition) is 1. The molecule has 0 unspecified atom stereocenters. The molecular formula is C11H10FNO3. The molecule has 1 aliphatic rings. The van der Waals surface area contributed by atoms with E-state index in [1.807, 2.05) is 0 Å². The van der Waals surface area contributed by atoms with Crippen molar-refractivity contribution in [3.8, 4) is 0 Å². The molecule has 84 valence electrons. The number of carbonyl (C=O) groups is 2. The third-order valence-electron chi connectivity index (χ3n) is 2.54. The quantitative estimate of drug-likeness (QED) is 0.819. The van der Waals surface area contributed by atoms with Gasteiger partial charge in [0.1, 0.15) is 12.4 Å². The standard InChI is InChI=1S/C11H10FNO3/c12-8-3-1-2-7-4-5-9(14)13(11(7)8)6-10(15)16/h1-3H,4-6H2,(H,15,16). The maximum absolute atomic E-state index is 13.6. The molecule has 1 heterocycles. The van der Waals surface area contributed by atoms with Crippen LogP contribution in [0.1, 0.15) is 12.0 Å². The molecule has 0 fully saturated rings. The molecule has 0 aromatic heterocycles. The average molecular weight is 223 g/mol. The van der Waals surface area contributed by atoms with Crippen LogP contribution in [0, 0.1) is 5.82 Å². The van der Waals surface area contributed by atoms with Crippen molar-refractivity contribution in [3.05, 3.63) is 29.6 Å². The number of halogens is 1. The summed E-state index contributed by atoms with van der Waals surface area (Å²) in [6.07, 6.45) is 0.686. The van der Waals surface area contributed by atoms with E-state index in [-0.39, 0.29) is 18.0 Å². The van der Waals surface area contributed by atoms with Gasteiger partial charge in [-0.05, 0) is 18.1 Å². The predicted molar refractivity (Wildman–Crippen MR) is 54.7 cm³/mol. The molecule has 0 spiro atoms. The van der Waals surface area contributed by atoms with Gasteiger partial charge in [0.15, 0.2) is 0 Å². The van der Waals surface area contributed by atoms with Crippen LogP contribution in [-0.2, 0) is 16.0 Å². The van der Waals surface area contributed by atoms with Gasteiger partial charge >= 0.3 is 5.97 Å². The fourth-order valence-corrected chi connectivity index (χ4v) is 1.87. The van der Waals surface area contributed by atoms with E-state index in [4.69, 9.17) is 5.11 Å². The van der Waals surface area contributed by atoms with Crippen LogP contribution in [-0.4, -0.2) is 23.5 Å². The Morgan fingerprint density at radius 1 is 1.44 bits per heavy atom. The van der Waals surface area contributed by atoms with E-state index < -0.39 is 18.3 Å². The Morgan fingerprint density at radius 2 is 2.19 bits per heavy atom. The molecule has 0 atom stereocenters. The van der Waals surface area contributed by atoms with Crippen molar-refractivity contribution in [2.24, 2.45) is 0 Å². The molecule has 0 bridgehead atoms. The van der Waals surface area contributed by atoms with Crippen LogP contribution in [0.5, 0.6) is 0 Å². The Bertz CT molecular complexity index is 459. The summed E-state index contributed by atoms with van der Waals surface area (Å²) in [5.41, 5.74) is 0.794. The molecule has 0 aliphatic carbocycles. The molecule has 2 rings (SSSR count). The number of rotatable bonds is 2. The Hall–Kier alpha value is -1.91. The highest BCUT2D eigenvalue weighted by Crippen LogP contribution is 2.30. The average Bonchev–Trinajstić information content (AvgIpc) is 2.22. The van der Waals surface area contributed by atoms with Crippen LogP contribution >= 0.6 is 0 Å². The molecule has 0 saturated carbocycles. The maximum Gasteiger partial charge on any atom is 0.323 e. The first-order valence-electron chi connectivity index (χ1n) is 4.89. The molecule has 1 N–H and O–H groups in total. The van der Waals surface area contributed by atoms with Gasteiger partial charge in [-0.25, -0.2) is 4.39 Å². The Balaban J connectivity index is 2.46. The van der Waals surface area contributed by atoms with Gasteiger partial charge in [-0.1, -0.05) is 12.1 Å². The summed E-state index contributed by atoms with van der Waals surface area (Å²) < 4.78 is 13.6. The monoisotopic (exact) mass is 223 g/mol. The minimum Gasteiger partial charge on any atom is -0.480 e. The molecule has 0 saturated heterocycles. The summed E-state index contributed by atoms with van der Waals surface area (Å²) in [5, 5.41) is 8.68. The zero-order valence-corrected chi connectivity index (χ0v) is 8.44. The molecule has 1 aliphatic heterocycles. The molecule has 4 nitrogen and oxygen atoms in total. The van der Waals surface area contributed by atoms with Crippen molar-refractivity contribution in [1.29, 1.82) is 0 Å². The fraction of sp³-hybridized carbons (Fsp3) is 0.273. The zero-order valence-electron chi connectivity index (χ0n) is 8.44. The fourth-order valence-electron chi connectivity index (χ4n) is 1.87. The van der Waals surface area contributed by atoms with Crippen LogP contribution < -0.4 is 4.90 Å². The van der Waals surface area contributed by atoms with Gasteiger partial charge in [-0.2, -0.15) is 0 Å². The largest absolute Gasteiger partial charge is 0.480 e. The smallest absolute Gasteiger partial charge is 0.323 e. The van der Waals surface area contributed by atoms with E-state index in [1.54, 1.807) is 12.1 Å². The zero-order chi connectivity index (χ0) is 11.7. The van der Waals surface area contributed by atoms with Gasteiger partial charge in [-0.3, -0.25) is 14.5 Å². The summed E-state index contributed by atoms with van der Waals surface area (Å²) in [5.74, 6) is -2.05. The van der Waals surface area contributed by atoms with E-state index in [0.29, 0.717) is 12.0 Å². The van der Waals surface area contributed by atoms with Crippen LogP contribution in [0.4, 0.5) is 10.1 Å². The highest BCUT2D eigenvalue weighted by Gasteiger charge is 2.28. The van der Waals surface area contributed by atoms with E-state index in [1.165, 1.54) is 6.07 Å². The number of para-hydroxylation sites is 1. The molecule has 5 heteroatoms. The number of aryl methyl sites for hydroxylation is 1. The topological polar surface area (TPSA) is 57.6 Å². The van der Waals surface area contributed by atoms with Crippen molar-refractivity contribution in [2.75, 3.05) is 11.4 Å². The van der Waals surface area contributed by atoms with Crippen molar-refractivity contribution >= 4 is 17.6 Å².